The van der Waals surface area contributed by atoms with Crippen molar-refractivity contribution in [3.05, 3.63) is 23.4 Å². The highest BCUT2D eigenvalue weighted by atomic mass is 16.3. The van der Waals surface area contributed by atoms with Gasteiger partial charge in [-0.15, -0.1) is 0 Å². The Balaban J connectivity index is 2.37. The van der Waals surface area contributed by atoms with Crippen molar-refractivity contribution in [2.24, 2.45) is 0 Å². The zero-order chi connectivity index (χ0) is 11.9. The van der Waals surface area contributed by atoms with E-state index < -0.39 is 6.23 Å². The Labute approximate surface area is 94.3 Å². The number of pyridine rings is 1. The van der Waals surface area contributed by atoms with Gasteiger partial charge >= 0.3 is 6.03 Å². The minimum atomic E-state index is -0.813. The van der Waals surface area contributed by atoms with Crippen molar-refractivity contribution in [2.45, 2.75) is 20.1 Å². The van der Waals surface area contributed by atoms with Crippen LogP contribution in [0.2, 0.25) is 0 Å². The maximum atomic E-state index is 11.8. The Morgan fingerprint density at radius 3 is 2.62 bits per heavy atom. The lowest BCUT2D eigenvalue weighted by molar-refractivity contribution is 0.183. The number of β-amino-alcohol motifs (C(OH)–C–C–N with tert-alkyl or cyclic N) is 1. The van der Waals surface area contributed by atoms with E-state index in [1.54, 1.807) is 13.2 Å². The van der Waals surface area contributed by atoms with E-state index in [4.69, 9.17) is 0 Å². The average molecular weight is 221 g/mol. The Morgan fingerprint density at radius 2 is 2.12 bits per heavy atom. The SMILES string of the molecule is Cc1cnc(N2C(=O)N(C)CC2O)cc1C. The number of likely N-dealkylation sites (N-methyl/N-ethyl adjacent to an activating group) is 1. The number of rotatable bonds is 1. The molecule has 1 atom stereocenters. The number of hydrogen-bond acceptors (Lipinski definition) is 3. The Kier molecular flexibility index (Phi) is 2.55. The summed E-state index contributed by atoms with van der Waals surface area (Å²) in [5.41, 5.74) is 2.12. The summed E-state index contributed by atoms with van der Waals surface area (Å²) in [6.07, 6.45) is 0.898. The molecule has 1 N–H and O–H groups in total. The number of aliphatic hydroxyl groups excluding tert-OH is 1. The fraction of sp³-hybridized carbons (Fsp3) is 0.455. The molecule has 2 rings (SSSR count). The summed E-state index contributed by atoms with van der Waals surface area (Å²) in [5.74, 6) is 0.505. The van der Waals surface area contributed by atoms with E-state index in [2.05, 4.69) is 4.98 Å². The summed E-state index contributed by atoms with van der Waals surface area (Å²) >= 11 is 0. The molecule has 5 heteroatoms. The molecule has 0 spiro atoms. The number of aromatic nitrogens is 1. The molecule has 0 aliphatic carbocycles. The summed E-state index contributed by atoms with van der Waals surface area (Å²) in [5, 5.41) is 9.77. The predicted octanol–water partition coefficient (Wildman–Crippen LogP) is 0.889. The minimum absolute atomic E-state index is 0.219. The van der Waals surface area contributed by atoms with E-state index >= 15 is 0 Å². The quantitative estimate of drug-likeness (QED) is 0.766. The Hall–Kier alpha value is -1.62. The number of urea groups is 1. The van der Waals surface area contributed by atoms with Crippen LogP contribution in [0.25, 0.3) is 0 Å². The van der Waals surface area contributed by atoms with Gasteiger partial charge in [0.15, 0.2) is 6.23 Å². The number of anilines is 1. The molecule has 0 saturated carbocycles. The molecule has 1 aliphatic rings. The van der Waals surface area contributed by atoms with Gasteiger partial charge in [0.25, 0.3) is 0 Å². The topological polar surface area (TPSA) is 56.7 Å². The molecule has 1 aromatic rings. The second-order valence-corrected chi connectivity index (χ2v) is 4.14. The van der Waals surface area contributed by atoms with Crippen LogP contribution in [0.5, 0.6) is 0 Å². The summed E-state index contributed by atoms with van der Waals surface area (Å²) < 4.78 is 0. The van der Waals surface area contributed by atoms with Crippen LogP contribution < -0.4 is 4.90 Å². The molecule has 1 aliphatic heterocycles. The Bertz CT molecular complexity index is 433. The lowest BCUT2D eigenvalue weighted by Crippen LogP contribution is -2.34. The molecule has 16 heavy (non-hydrogen) atoms. The summed E-state index contributed by atoms with van der Waals surface area (Å²) in [6.45, 7) is 4.23. The van der Waals surface area contributed by atoms with Gasteiger partial charge in [0.1, 0.15) is 5.82 Å². The molecule has 0 radical (unpaired) electrons. The second-order valence-electron chi connectivity index (χ2n) is 4.14. The van der Waals surface area contributed by atoms with Crippen molar-refractivity contribution in [1.29, 1.82) is 0 Å². The van der Waals surface area contributed by atoms with Gasteiger partial charge in [-0.3, -0.25) is 0 Å². The third kappa shape index (κ3) is 1.63. The first-order valence-corrected chi connectivity index (χ1v) is 5.16. The normalized spacial score (nSPS) is 20.8. The predicted molar refractivity (Wildman–Crippen MR) is 60.2 cm³/mol. The van der Waals surface area contributed by atoms with Gasteiger partial charge in [0.05, 0.1) is 6.54 Å². The number of aryl methyl sites for hydroxylation is 2. The fourth-order valence-electron chi connectivity index (χ4n) is 1.71. The molecule has 0 bridgehead atoms. The van der Waals surface area contributed by atoms with Crippen LogP contribution in [0.15, 0.2) is 12.3 Å². The van der Waals surface area contributed by atoms with E-state index in [1.807, 2.05) is 19.9 Å². The minimum Gasteiger partial charge on any atom is -0.371 e. The first kappa shape index (κ1) is 10.9. The van der Waals surface area contributed by atoms with Crippen molar-refractivity contribution in [3.8, 4) is 0 Å². The number of amides is 2. The fourth-order valence-corrected chi connectivity index (χ4v) is 1.71. The van der Waals surface area contributed by atoms with Gasteiger partial charge < -0.3 is 10.0 Å². The van der Waals surface area contributed by atoms with E-state index in [0.717, 1.165) is 11.1 Å². The summed E-state index contributed by atoms with van der Waals surface area (Å²) in [4.78, 5) is 18.7. The van der Waals surface area contributed by atoms with E-state index in [9.17, 15) is 9.90 Å². The first-order chi connectivity index (χ1) is 7.50. The van der Waals surface area contributed by atoms with Crippen molar-refractivity contribution >= 4 is 11.8 Å². The van der Waals surface area contributed by atoms with Gasteiger partial charge in [0, 0.05) is 13.2 Å². The molecule has 2 heterocycles. The largest absolute Gasteiger partial charge is 0.371 e. The third-order valence-electron chi connectivity index (χ3n) is 2.87. The summed E-state index contributed by atoms with van der Waals surface area (Å²) in [7, 11) is 1.66. The van der Waals surface area contributed by atoms with E-state index in [1.165, 1.54) is 9.80 Å². The van der Waals surface area contributed by atoms with Crippen LogP contribution in [0.4, 0.5) is 10.6 Å². The molecule has 1 fully saturated rings. The van der Waals surface area contributed by atoms with Crippen LogP contribution in [0.1, 0.15) is 11.1 Å². The number of aliphatic hydroxyl groups is 1. The number of nitrogens with zero attached hydrogens (tertiary/aromatic N) is 3. The molecule has 86 valence electrons. The highest BCUT2D eigenvalue weighted by Gasteiger charge is 2.35. The molecular weight excluding hydrogens is 206 g/mol. The molecule has 1 unspecified atom stereocenters. The van der Waals surface area contributed by atoms with Crippen molar-refractivity contribution in [2.75, 3.05) is 18.5 Å². The van der Waals surface area contributed by atoms with Crippen molar-refractivity contribution < 1.29 is 9.90 Å². The molecule has 5 nitrogen and oxygen atoms in total. The molecule has 1 aromatic heterocycles. The summed E-state index contributed by atoms with van der Waals surface area (Å²) in [6, 6.07) is 1.60. The highest BCUT2D eigenvalue weighted by Crippen LogP contribution is 2.22. The van der Waals surface area contributed by atoms with Gasteiger partial charge in [-0.25, -0.2) is 14.7 Å². The van der Waals surface area contributed by atoms with Crippen LogP contribution in [0, 0.1) is 13.8 Å². The second kappa shape index (κ2) is 3.75. The molecule has 0 aromatic carbocycles. The lowest BCUT2D eigenvalue weighted by Gasteiger charge is -2.18. The standard InChI is InChI=1S/C11H15N3O2/c1-7-4-9(12-5-8(7)2)14-10(15)6-13(3)11(14)16/h4-5,10,15H,6H2,1-3H3. The average Bonchev–Trinajstić information content (AvgIpc) is 2.47. The Morgan fingerprint density at radius 1 is 1.44 bits per heavy atom. The van der Waals surface area contributed by atoms with Gasteiger partial charge in [0.2, 0.25) is 0 Å². The monoisotopic (exact) mass is 221 g/mol. The van der Waals surface area contributed by atoms with Gasteiger partial charge in [-0.1, -0.05) is 0 Å². The van der Waals surface area contributed by atoms with E-state index in [0.29, 0.717) is 12.4 Å². The highest BCUT2D eigenvalue weighted by molar-refractivity contribution is 5.93. The number of carbonyl (C=O) groups excluding carboxylic acids is 1. The third-order valence-corrected chi connectivity index (χ3v) is 2.87. The van der Waals surface area contributed by atoms with Gasteiger partial charge in [-0.05, 0) is 31.0 Å². The van der Waals surface area contributed by atoms with Crippen LogP contribution in [-0.4, -0.2) is 40.8 Å². The van der Waals surface area contributed by atoms with Crippen molar-refractivity contribution in [3.63, 3.8) is 0 Å². The maximum Gasteiger partial charge on any atom is 0.327 e. The van der Waals surface area contributed by atoms with Gasteiger partial charge in [-0.2, -0.15) is 0 Å². The van der Waals surface area contributed by atoms with Crippen LogP contribution in [0.3, 0.4) is 0 Å². The number of hydrogen-bond donors (Lipinski definition) is 1. The molecule has 2 amide bonds. The number of carbonyl (C=O) groups is 1. The lowest BCUT2D eigenvalue weighted by atomic mass is 10.2. The van der Waals surface area contributed by atoms with Crippen LogP contribution >= 0.6 is 0 Å². The first-order valence-electron chi connectivity index (χ1n) is 5.16. The zero-order valence-corrected chi connectivity index (χ0v) is 9.64. The maximum absolute atomic E-state index is 11.8. The molecular formula is C11H15N3O2. The molecule has 1 saturated heterocycles. The zero-order valence-electron chi connectivity index (χ0n) is 9.64. The van der Waals surface area contributed by atoms with E-state index in [-0.39, 0.29) is 6.03 Å². The van der Waals surface area contributed by atoms with Crippen molar-refractivity contribution in [1.82, 2.24) is 9.88 Å². The smallest absolute Gasteiger partial charge is 0.327 e. The van der Waals surface area contributed by atoms with Crippen LogP contribution in [-0.2, 0) is 0 Å².